The van der Waals surface area contributed by atoms with Gasteiger partial charge in [0.15, 0.2) is 4.80 Å². The summed E-state index contributed by atoms with van der Waals surface area (Å²) in [6.07, 6.45) is 0.0616. The van der Waals surface area contributed by atoms with Gasteiger partial charge in [0.25, 0.3) is 0 Å². The molecule has 0 spiro atoms. The highest BCUT2D eigenvalue weighted by atomic mass is 32.1. The number of hydrogen-bond donors (Lipinski definition) is 1. The van der Waals surface area contributed by atoms with Crippen molar-refractivity contribution in [2.75, 3.05) is 5.32 Å². The summed E-state index contributed by atoms with van der Waals surface area (Å²) < 4.78 is 29.5. The molecule has 2 aromatic carbocycles. The number of benzene rings is 2. The van der Waals surface area contributed by atoms with Crippen molar-refractivity contribution in [1.29, 1.82) is 0 Å². The van der Waals surface area contributed by atoms with E-state index in [2.05, 4.69) is 10.3 Å². The Morgan fingerprint density at radius 1 is 1.11 bits per heavy atom. The average molecular weight is 387 g/mol. The summed E-state index contributed by atoms with van der Waals surface area (Å²) in [6, 6.07) is 9.37. The average Bonchev–Trinajstić information content (AvgIpc) is 2.94. The summed E-state index contributed by atoms with van der Waals surface area (Å²) in [5.41, 5.74) is 2.80. The van der Waals surface area contributed by atoms with Gasteiger partial charge in [-0.1, -0.05) is 12.1 Å². The highest BCUT2D eigenvalue weighted by Crippen LogP contribution is 2.19. The number of aromatic nitrogens is 1. The van der Waals surface area contributed by atoms with E-state index in [1.165, 1.54) is 29.5 Å². The van der Waals surface area contributed by atoms with Crippen LogP contribution < -0.4 is 10.1 Å². The molecular formula is C20H19F2N3OS. The van der Waals surface area contributed by atoms with Crippen LogP contribution in [0, 0.1) is 25.5 Å². The Bertz CT molecular complexity index is 1070. The van der Waals surface area contributed by atoms with Crippen molar-refractivity contribution in [3.8, 4) is 0 Å². The third-order valence-corrected chi connectivity index (χ3v) is 5.04. The predicted octanol–water partition coefficient (Wildman–Crippen LogP) is 4.40. The zero-order chi connectivity index (χ0) is 19.6. The molecule has 0 radical (unpaired) electrons. The molecular weight excluding hydrogens is 368 g/mol. The van der Waals surface area contributed by atoms with E-state index in [4.69, 9.17) is 0 Å². The molecule has 1 heterocycles. The predicted molar refractivity (Wildman–Crippen MR) is 103 cm³/mol. The lowest BCUT2D eigenvalue weighted by Crippen LogP contribution is -2.20. The minimum Gasteiger partial charge on any atom is -0.323 e. The van der Waals surface area contributed by atoms with E-state index in [0.717, 1.165) is 11.1 Å². The quantitative estimate of drug-likeness (QED) is 0.709. The number of rotatable bonds is 4. The Balaban J connectivity index is 1.80. The molecule has 0 bridgehead atoms. The van der Waals surface area contributed by atoms with E-state index in [9.17, 15) is 13.6 Å². The fraction of sp³-hybridized carbons (Fsp3) is 0.200. The van der Waals surface area contributed by atoms with E-state index < -0.39 is 11.6 Å². The van der Waals surface area contributed by atoms with Gasteiger partial charge in [0.2, 0.25) is 5.91 Å². The van der Waals surface area contributed by atoms with E-state index in [1.807, 2.05) is 6.92 Å². The SMILES string of the molecule is Cc1ccc(NC(=O)Cc2csc(=Nc3cc(C)ccc3F)n2C)c(F)c1. The van der Waals surface area contributed by atoms with Crippen LogP contribution in [0.3, 0.4) is 0 Å². The molecule has 4 nitrogen and oxygen atoms in total. The third kappa shape index (κ3) is 4.49. The van der Waals surface area contributed by atoms with Gasteiger partial charge in [-0.25, -0.2) is 13.8 Å². The molecule has 1 N–H and O–H groups in total. The van der Waals surface area contributed by atoms with Crippen LogP contribution in [0.25, 0.3) is 0 Å². The summed E-state index contributed by atoms with van der Waals surface area (Å²) in [7, 11) is 1.76. The van der Waals surface area contributed by atoms with Gasteiger partial charge < -0.3 is 9.88 Å². The first-order valence-corrected chi connectivity index (χ1v) is 9.22. The number of nitrogens with one attached hydrogen (secondary N) is 1. The second kappa shape index (κ2) is 7.84. The Morgan fingerprint density at radius 2 is 1.81 bits per heavy atom. The molecule has 7 heteroatoms. The maximum absolute atomic E-state index is 13.9. The number of aryl methyl sites for hydroxylation is 2. The van der Waals surface area contributed by atoms with Crippen molar-refractivity contribution in [3.05, 3.63) is 75.0 Å². The highest BCUT2D eigenvalue weighted by molar-refractivity contribution is 7.07. The standard InChI is InChI=1S/C20H19F2N3OS/c1-12-5-7-17(16(22)8-12)23-19(26)10-14-11-27-20(25(14)3)24-18-9-13(2)4-6-15(18)21/h4-9,11H,10H2,1-3H3,(H,23,26). The number of carbonyl (C=O) groups excluding carboxylic acids is 1. The Labute approximate surface area is 159 Å². The fourth-order valence-electron chi connectivity index (χ4n) is 2.56. The first-order chi connectivity index (χ1) is 12.8. The summed E-state index contributed by atoms with van der Waals surface area (Å²) in [4.78, 5) is 17.2. The summed E-state index contributed by atoms with van der Waals surface area (Å²) >= 11 is 1.31. The van der Waals surface area contributed by atoms with E-state index in [1.54, 1.807) is 42.1 Å². The Morgan fingerprint density at radius 3 is 2.56 bits per heavy atom. The minimum absolute atomic E-state index is 0.0616. The van der Waals surface area contributed by atoms with Crippen molar-refractivity contribution in [1.82, 2.24) is 4.57 Å². The molecule has 0 saturated heterocycles. The largest absolute Gasteiger partial charge is 0.323 e. The van der Waals surface area contributed by atoms with Crippen LogP contribution in [-0.4, -0.2) is 10.5 Å². The van der Waals surface area contributed by atoms with E-state index >= 15 is 0 Å². The van der Waals surface area contributed by atoms with Gasteiger partial charge >= 0.3 is 0 Å². The highest BCUT2D eigenvalue weighted by Gasteiger charge is 2.11. The lowest BCUT2D eigenvalue weighted by atomic mass is 10.2. The molecule has 0 saturated carbocycles. The van der Waals surface area contributed by atoms with Gasteiger partial charge in [-0.05, 0) is 49.2 Å². The monoisotopic (exact) mass is 387 g/mol. The lowest BCUT2D eigenvalue weighted by Gasteiger charge is -2.07. The van der Waals surface area contributed by atoms with Crippen LogP contribution in [-0.2, 0) is 18.3 Å². The number of anilines is 1. The lowest BCUT2D eigenvalue weighted by molar-refractivity contribution is -0.115. The van der Waals surface area contributed by atoms with Crippen molar-refractivity contribution in [2.45, 2.75) is 20.3 Å². The van der Waals surface area contributed by atoms with Crippen LogP contribution in [0.2, 0.25) is 0 Å². The maximum atomic E-state index is 13.9. The second-order valence-electron chi connectivity index (χ2n) is 6.34. The third-order valence-electron chi connectivity index (χ3n) is 4.08. The van der Waals surface area contributed by atoms with Crippen LogP contribution in [0.4, 0.5) is 20.2 Å². The molecule has 3 aromatic rings. The van der Waals surface area contributed by atoms with Crippen molar-refractivity contribution < 1.29 is 13.6 Å². The Kier molecular flexibility index (Phi) is 5.51. The molecule has 1 amide bonds. The number of carbonyl (C=O) groups is 1. The van der Waals surface area contributed by atoms with E-state index in [0.29, 0.717) is 10.5 Å². The molecule has 27 heavy (non-hydrogen) atoms. The first kappa shape index (κ1) is 19.0. The smallest absolute Gasteiger partial charge is 0.230 e. The molecule has 0 aliphatic carbocycles. The van der Waals surface area contributed by atoms with Crippen LogP contribution in [0.15, 0.2) is 46.8 Å². The fourth-order valence-corrected chi connectivity index (χ4v) is 3.46. The molecule has 0 atom stereocenters. The normalized spacial score (nSPS) is 11.7. The number of nitrogens with zero attached hydrogens (tertiary/aromatic N) is 2. The topological polar surface area (TPSA) is 46.4 Å². The molecule has 140 valence electrons. The van der Waals surface area contributed by atoms with Gasteiger partial charge in [-0.15, -0.1) is 11.3 Å². The first-order valence-electron chi connectivity index (χ1n) is 8.34. The summed E-state index contributed by atoms with van der Waals surface area (Å²) in [6.45, 7) is 3.65. The zero-order valence-corrected chi connectivity index (χ0v) is 16.0. The van der Waals surface area contributed by atoms with Crippen LogP contribution >= 0.6 is 11.3 Å². The second-order valence-corrected chi connectivity index (χ2v) is 7.18. The Hall–Kier alpha value is -2.80. The van der Waals surface area contributed by atoms with Crippen LogP contribution in [0.1, 0.15) is 16.8 Å². The van der Waals surface area contributed by atoms with Gasteiger partial charge in [-0.2, -0.15) is 0 Å². The summed E-state index contributed by atoms with van der Waals surface area (Å²) in [5, 5.41) is 4.36. The summed E-state index contributed by atoms with van der Waals surface area (Å²) in [5.74, 6) is -1.20. The van der Waals surface area contributed by atoms with Crippen molar-refractivity contribution in [2.24, 2.45) is 12.0 Å². The van der Waals surface area contributed by atoms with Crippen molar-refractivity contribution in [3.63, 3.8) is 0 Å². The maximum Gasteiger partial charge on any atom is 0.230 e. The van der Waals surface area contributed by atoms with Gasteiger partial charge in [0, 0.05) is 18.1 Å². The molecule has 1 aromatic heterocycles. The number of amides is 1. The van der Waals surface area contributed by atoms with Gasteiger partial charge in [-0.3, -0.25) is 4.79 Å². The molecule has 0 fully saturated rings. The molecule has 3 rings (SSSR count). The van der Waals surface area contributed by atoms with Crippen LogP contribution in [0.5, 0.6) is 0 Å². The molecule has 0 aliphatic heterocycles. The molecule has 0 aliphatic rings. The molecule has 0 unspecified atom stereocenters. The zero-order valence-electron chi connectivity index (χ0n) is 15.2. The number of thiazole rings is 1. The van der Waals surface area contributed by atoms with Crippen molar-refractivity contribution >= 4 is 28.6 Å². The number of halogens is 2. The van der Waals surface area contributed by atoms with Gasteiger partial charge in [0.1, 0.15) is 17.3 Å². The minimum atomic E-state index is -0.469. The van der Waals surface area contributed by atoms with Gasteiger partial charge in [0.05, 0.1) is 12.1 Å². The van der Waals surface area contributed by atoms with E-state index in [-0.39, 0.29) is 23.7 Å². The number of hydrogen-bond acceptors (Lipinski definition) is 3.